The number of carbonyl (C=O) groups is 3. The molecule has 0 saturated heterocycles. The van der Waals surface area contributed by atoms with Gasteiger partial charge in [-0.2, -0.15) is 0 Å². The van der Waals surface area contributed by atoms with Crippen molar-refractivity contribution < 1.29 is 23.9 Å². The fraction of sp³-hybridized carbons (Fsp3) is 0.438. The first kappa shape index (κ1) is 18.5. The van der Waals surface area contributed by atoms with Crippen LogP contribution in [0.3, 0.4) is 0 Å². The van der Waals surface area contributed by atoms with Crippen molar-refractivity contribution in [2.45, 2.75) is 33.3 Å². The zero-order valence-corrected chi connectivity index (χ0v) is 13.8. The summed E-state index contributed by atoms with van der Waals surface area (Å²) in [4.78, 5) is 35.9. The van der Waals surface area contributed by atoms with E-state index in [4.69, 9.17) is 9.47 Å². The first-order valence-electron chi connectivity index (χ1n) is 7.25. The third kappa shape index (κ3) is 6.82. The third-order valence-corrected chi connectivity index (χ3v) is 2.48. The second-order valence-electron chi connectivity index (χ2n) is 5.68. The van der Waals surface area contributed by atoms with E-state index in [-0.39, 0.29) is 6.61 Å². The minimum Gasteiger partial charge on any atom is -0.465 e. The Morgan fingerprint density at radius 1 is 1.13 bits per heavy atom. The van der Waals surface area contributed by atoms with Crippen LogP contribution >= 0.6 is 0 Å². The van der Waals surface area contributed by atoms with Crippen LogP contribution in [0.1, 0.15) is 38.1 Å². The molecule has 0 heterocycles. The Balaban J connectivity index is 2.86. The Kier molecular flexibility index (Phi) is 6.56. The van der Waals surface area contributed by atoms with Crippen LogP contribution in [0.25, 0.3) is 0 Å². The number of hydrogen-bond acceptors (Lipinski definition) is 5. The van der Waals surface area contributed by atoms with E-state index in [1.807, 2.05) is 0 Å². The molecule has 0 spiro atoms. The van der Waals surface area contributed by atoms with Crippen LogP contribution in [0, 0.1) is 0 Å². The van der Waals surface area contributed by atoms with Gasteiger partial charge in [0.05, 0.1) is 6.61 Å². The fourth-order valence-corrected chi connectivity index (χ4v) is 1.65. The molecule has 0 unspecified atom stereocenters. The van der Waals surface area contributed by atoms with E-state index >= 15 is 0 Å². The van der Waals surface area contributed by atoms with Crippen molar-refractivity contribution in [1.29, 1.82) is 0 Å². The van der Waals surface area contributed by atoms with Gasteiger partial charge < -0.3 is 9.47 Å². The van der Waals surface area contributed by atoms with Crippen LogP contribution in [0.5, 0.6) is 0 Å². The predicted octanol–water partition coefficient (Wildman–Crippen LogP) is 2.13. The Morgan fingerprint density at radius 2 is 1.74 bits per heavy atom. The van der Waals surface area contributed by atoms with E-state index in [1.165, 1.54) is 0 Å². The second kappa shape index (κ2) is 8.17. The molecular weight excluding hydrogens is 300 g/mol. The van der Waals surface area contributed by atoms with Crippen molar-refractivity contribution >= 4 is 18.0 Å². The van der Waals surface area contributed by atoms with Crippen LogP contribution in [0.4, 0.5) is 4.79 Å². The molecule has 7 nitrogen and oxygen atoms in total. The van der Waals surface area contributed by atoms with Gasteiger partial charge >= 0.3 is 12.1 Å². The molecular formula is C16H22N2O5. The molecule has 126 valence electrons. The van der Waals surface area contributed by atoms with Crippen LogP contribution < -0.4 is 5.43 Å². The number of carbonyl (C=O) groups excluding carboxylic acids is 3. The molecule has 7 heteroatoms. The van der Waals surface area contributed by atoms with Gasteiger partial charge in [-0.25, -0.2) is 15.2 Å². The fourth-order valence-electron chi connectivity index (χ4n) is 1.65. The number of nitrogens with one attached hydrogen (secondary N) is 1. The smallest absolute Gasteiger partial charge is 0.426 e. The second-order valence-corrected chi connectivity index (χ2v) is 5.68. The number of hydrogen-bond donors (Lipinski definition) is 1. The molecule has 1 N–H and O–H groups in total. The summed E-state index contributed by atoms with van der Waals surface area (Å²) in [5.41, 5.74) is 1.88. The van der Waals surface area contributed by atoms with Gasteiger partial charge in [-0.05, 0) is 39.8 Å². The van der Waals surface area contributed by atoms with Crippen LogP contribution in [-0.2, 0) is 14.3 Å². The lowest BCUT2D eigenvalue weighted by Crippen LogP contribution is -2.50. The highest BCUT2D eigenvalue weighted by atomic mass is 16.6. The van der Waals surface area contributed by atoms with E-state index in [9.17, 15) is 14.4 Å². The Hall–Kier alpha value is -2.57. The van der Waals surface area contributed by atoms with Gasteiger partial charge in [0, 0.05) is 5.56 Å². The summed E-state index contributed by atoms with van der Waals surface area (Å²) in [6, 6.07) is 8.29. The molecule has 0 fully saturated rings. The van der Waals surface area contributed by atoms with Gasteiger partial charge in [0.25, 0.3) is 5.91 Å². The van der Waals surface area contributed by atoms with Crippen molar-refractivity contribution in [3.8, 4) is 0 Å². The summed E-state index contributed by atoms with van der Waals surface area (Å²) < 4.78 is 9.92. The number of esters is 1. The standard InChI is InChI=1S/C16H22N2O5/c1-5-22-13(19)11-18(17-15(21)23-16(2,3)4)14(20)12-9-7-6-8-10-12/h6-10H,5,11H2,1-4H3,(H,17,21). The monoisotopic (exact) mass is 322 g/mol. The number of nitrogens with zero attached hydrogens (tertiary/aromatic N) is 1. The maximum absolute atomic E-state index is 12.4. The molecule has 1 rings (SSSR count). The summed E-state index contributed by atoms with van der Waals surface area (Å²) in [6.45, 7) is 6.51. The maximum atomic E-state index is 12.4. The summed E-state index contributed by atoms with van der Waals surface area (Å²) in [5, 5.41) is 0.876. The van der Waals surface area contributed by atoms with Gasteiger partial charge in [-0.1, -0.05) is 18.2 Å². The summed E-state index contributed by atoms with van der Waals surface area (Å²) in [6.07, 6.45) is -0.828. The first-order valence-corrected chi connectivity index (χ1v) is 7.25. The van der Waals surface area contributed by atoms with Crippen molar-refractivity contribution in [3.05, 3.63) is 35.9 Å². The van der Waals surface area contributed by atoms with Gasteiger partial charge in [-0.15, -0.1) is 0 Å². The number of ether oxygens (including phenoxy) is 2. The van der Waals surface area contributed by atoms with Crippen molar-refractivity contribution in [1.82, 2.24) is 10.4 Å². The average Bonchev–Trinajstić information content (AvgIpc) is 2.45. The molecule has 0 aromatic heterocycles. The molecule has 23 heavy (non-hydrogen) atoms. The zero-order chi connectivity index (χ0) is 17.5. The summed E-state index contributed by atoms with van der Waals surface area (Å²) >= 11 is 0. The van der Waals surface area contributed by atoms with Gasteiger partial charge in [0.15, 0.2) is 0 Å². The highest BCUT2D eigenvalue weighted by molar-refractivity contribution is 5.96. The minimum atomic E-state index is -0.828. The molecule has 0 atom stereocenters. The molecule has 0 radical (unpaired) electrons. The van der Waals surface area contributed by atoms with Crippen LogP contribution in [0.2, 0.25) is 0 Å². The van der Waals surface area contributed by atoms with Crippen molar-refractivity contribution in [2.75, 3.05) is 13.2 Å². The quantitative estimate of drug-likeness (QED) is 0.678. The lowest BCUT2D eigenvalue weighted by Gasteiger charge is -2.25. The summed E-state index contributed by atoms with van der Waals surface area (Å²) in [7, 11) is 0. The van der Waals surface area contributed by atoms with Crippen LogP contribution in [-0.4, -0.2) is 41.7 Å². The largest absolute Gasteiger partial charge is 0.465 e. The lowest BCUT2D eigenvalue weighted by atomic mass is 10.2. The zero-order valence-electron chi connectivity index (χ0n) is 13.8. The predicted molar refractivity (Wildman–Crippen MR) is 83.5 cm³/mol. The minimum absolute atomic E-state index is 0.179. The third-order valence-electron chi connectivity index (χ3n) is 2.48. The number of hydrazine groups is 1. The van der Waals surface area contributed by atoms with Crippen LogP contribution in [0.15, 0.2) is 30.3 Å². The average molecular weight is 322 g/mol. The first-order chi connectivity index (χ1) is 10.7. The molecule has 2 amide bonds. The lowest BCUT2D eigenvalue weighted by molar-refractivity contribution is -0.144. The number of benzene rings is 1. The van der Waals surface area contributed by atoms with E-state index in [0.29, 0.717) is 5.56 Å². The molecule has 0 bridgehead atoms. The van der Waals surface area contributed by atoms with Gasteiger partial charge in [-0.3, -0.25) is 9.59 Å². The Morgan fingerprint density at radius 3 is 2.26 bits per heavy atom. The molecule has 0 aliphatic heterocycles. The summed E-state index contributed by atoms with van der Waals surface area (Å²) in [5.74, 6) is -1.17. The van der Waals surface area contributed by atoms with E-state index < -0.39 is 30.1 Å². The van der Waals surface area contributed by atoms with Crippen molar-refractivity contribution in [3.63, 3.8) is 0 Å². The molecule has 0 aliphatic rings. The van der Waals surface area contributed by atoms with E-state index in [0.717, 1.165) is 5.01 Å². The normalized spacial score (nSPS) is 10.6. The number of amides is 2. The van der Waals surface area contributed by atoms with Gasteiger partial charge in [0.1, 0.15) is 12.1 Å². The molecule has 0 aliphatic carbocycles. The Labute approximate surface area is 135 Å². The highest BCUT2D eigenvalue weighted by Crippen LogP contribution is 2.08. The molecule has 0 saturated carbocycles. The van der Waals surface area contributed by atoms with Crippen molar-refractivity contribution in [2.24, 2.45) is 0 Å². The van der Waals surface area contributed by atoms with Gasteiger partial charge in [0.2, 0.25) is 0 Å². The van der Waals surface area contributed by atoms with E-state index in [1.54, 1.807) is 58.0 Å². The number of rotatable bonds is 4. The molecule has 1 aromatic rings. The molecule has 1 aromatic carbocycles. The topological polar surface area (TPSA) is 84.9 Å². The van der Waals surface area contributed by atoms with E-state index in [2.05, 4.69) is 5.43 Å². The SMILES string of the molecule is CCOC(=O)CN(NC(=O)OC(C)(C)C)C(=O)c1ccccc1. The maximum Gasteiger partial charge on any atom is 0.426 e. The Bertz CT molecular complexity index is 551. The highest BCUT2D eigenvalue weighted by Gasteiger charge is 2.24.